The molecule has 1 aromatic carbocycles. The van der Waals surface area contributed by atoms with Crippen molar-refractivity contribution in [1.82, 2.24) is 4.90 Å². The van der Waals surface area contributed by atoms with Gasteiger partial charge in [-0.25, -0.2) is 0 Å². The third-order valence-corrected chi connectivity index (χ3v) is 3.92. The lowest BCUT2D eigenvalue weighted by molar-refractivity contribution is -0.138. The highest BCUT2D eigenvalue weighted by atomic mass is 19.4. The Morgan fingerprint density at radius 3 is 2.33 bits per heavy atom. The third-order valence-electron chi connectivity index (χ3n) is 3.92. The zero-order valence-corrected chi connectivity index (χ0v) is 12.5. The lowest BCUT2D eigenvalue weighted by atomic mass is 9.89. The van der Waals surface area contributed by atoms with E-state index >= 15 is 0 Å². The van der Waals surface area contributed by atoms with Crippen LogP contribution in [0, 0.1) is 0 Å². The summed E-state index contributed by atoms with van der Waals surface area (Å²) in [6.07, 6.45) is -2.50. The first-order valence-corrected chi connectivity index (χ1v) is 6.88. The van der Waals surface area contributed by atoms with Crippen LogP contribution < -0.4 is 9.47 Å². The van der Waals surface area contributed by atoms with Crippen LogP contribution in [-0.4, -0.2) is 39.3 Å². The molecular formula is C15H20F3NO2. The number of piperidine rings is 1. The van der Waals surface area contributed by atoms with Crippen LogP contribution in [0.25, 0.3) is 0 Å². The fourth-order valence-corrected chi connectivity index (χ4v) is 2.88. The maximum atomic E-state index is 13.0. The van der Waals surface area contributed by atoms with E-state index in [4.69, 9.17) is 9.47 Å². The molecule has 21 heavy (non-hydrogen) atoms. The lowest BCUT2D eigenvalue weighted by Gasteiger charge is -2.31. The number of hydrogen-bond acceptors (Lipinski definition) is 3. The Hall–Kier alpha value is -1.43. The van der Waals surface area contributed by atoms with Gasteiger partial charge in [-0.15, -0.1) is 0 Å². The second-order valence-corrected chi connectivity index (χ2v) is 5.39. The number of halogens is 3. The minimum absolute atomic E-state index is 0.147. The van der Waals surface area contributed by atoms with Crippen LogP contribution in [0.4, 0.5) is 13.2 Å². The van der Waals surface area contributed by atoms with Crippen LogP contribution in [0.2, 0.25) is 0 Å². The number of alkyl halides is 3. The summed E-state index contributed by atoms with van der Waals surface area (Å²) in [6.45, 7) is 1.82. The highest BCUT2D eigenvalue weighted by molar-refractivity contribution is 5.49. The number of rotatable bonds is 3. The van der Waals surface area contributed by atoms with E-state index in [0.717, 1.165) is 37.6 Å². The fraction of sp³-hybridized carbons (Fsp3) is 0.600. The average Bonchev–Trinajstić information content (AvgIpc) is 2.44. The molecule has 0 aliphatic carbocycles. The maximum absolute atomic E-state index is 13.0. The molecule has 1 heterocycles. The van der Waals surface area contributed by atoms with Crippen molar-refractivity contribution in [2.45, 2.75) is 24.9 Å². The Balaban J connectivity index is 2.46. The molecule has 1 aliphatic rings. The predicted molar refractivity (Wildman–Crippen MR) is 74.0 cm³/mol. The molecule has 3 nitrogen and oxygen atoms in total. The van der Waals surface area contributed by atoms with Crippen molar-refractivity contribution in [3.63, 3.8) is 0 Å². The molecule has 0 spiro atoms. The Labute approximate surface area is 122 Å². The highest BCUT2D eigenvalue weighted by Gasteiger charge is 2.36. The fourth-order valence-electron chi connectivity index (χ4n) is 2.88. The molecule has 0 aromatic heterocycles. The molecule has 0 saturated carbocycles. The number of hydrogen-bond donors (Lipinski definition) is 0. The second kappa shape index (κ2) is 6.13. The molecule has 6 heteroatoms. The molecule has 0 unspecified atom stereocenters. The SMILES string of the molecule is COc1cc(C(F)(F)F)c(OC)cc1[C@@H]1CCCN(C)C1. The van der Waals surface area contributed by atoms with Crippen molar-refractivity contribution in [2.75, 3.05) is 34.4 Å². The van der Waals surface area contributed by atoms with Gasteiger partial charge in [0.05, 0.1) is 14.2 Å². The van der Waals surface area contributed by atoms with Crippen LogP contribution >= 0.6 is 0 Å². The van der Waals surface area contributed by atoms with Crippen LogP contribution in [-0.2, 0) is 6.18 Å². The molecule has 0 bridgehead atoms. The number of methoxy groups -OCH3 is 2. The van der Waals surface area contributed by atoms with Gasteiger partial charge in [-0.1, -0.05) is 0 Å². The summed E-state index contributed by atoms with van der Waals surface area (Å²) in [6, 6.07) is 2.52. The zero-order valence-electron chi connectivity index (χ0n) is 12.5. The number of ether oxygens (including phenoxy) is 2. The van der Waals surface area contributed by atoms with E-state index in [1.807, 2.05) is 7.05 Å². The van der Waals surface area contributed by atoms with E-state index < -0.39 is 11.7 Å². The van der Waals surface area contributed by atoms with E-state index in [1.54, 1.807) is 0 Å². The van der Waals surface area contributed by atoms with Crippen molar-refractivity contribution >= 4 is 0 Å². The molecule has 1 aliphatic heterocycles. The normalized spacial score (nSPS) is 20.4. The van der Waals surface area contributed by atoms with Crippen LogP contribution in [0.15, 0.2) is 12.1 Å². The quantitative estimate of drug-likeness (QED) is 0.852. The Bertz CT molecular complexity index is 502. The zero-order chi connectivity index (χ0) is 15.6. The van der Waals surface area contributed by atoms with Gasteiger partial charge in [0.15, 0.2) is 0 Å². The summed E-state index contributed by atoms with van der Waals surface area (Å²) in [5.74, 6) is 0.296. The van der Waals surface area contributed by atoms with Crippen LogP contribution in [0.5, 0.6) is 11.5 Å². The number of benzene rings is 1. The Morgan fingerprint density at radius 1 is 1.14 bits per heavy atom. The van der Waals surface area contributed by atoms with Crippen molar-refractivity contribution in [3.8, 4) is 11.5 Å². The summed E-state index contributed by atoms with van der Waals surface area (Å²) in [4.78, 5) is 2.18. The molecule has 1 aromatic rings. The van der Waals surface area contributed by atoms with Gasteiger partial charge in [0.1, 0.15) is 17.1 Å². The number of likely N-dealkylation sites (tertiary alicyclic amines) is 1. The maximum Gasteiger partial charge on any atom is 0.420 e. The van der Waals surface area contributed by atoms with Gasteiger partial charge in [0.25, 0.3) is 0 Å². The first-order chi connectivity index (χ1) is 9.86. The third kappa shape index (κ3) is 3.43. The van der Waals surface area contributed by atoms with Gasteiger partial charge in [0.2, 0.25) is 0 Å². The molecule has 1 saturated heterocycles. The van der Waals surface area contributed by atoms with Gasteiger partial charge in [-0.3, -0.25) is 0 Å². The van der Waals surface area contributed by atoms with E-state index in [9.17, 15) is 13.2 Å². The summed E-state index contributed by atoms with van der Waals surface area (Å²) < 4.78 is 49.3. The van der Waals surface area contributed by atoms with E-state index in [-0.39, 0.29) is 17.4 Å². The van der Waals surface area contributed by atoms with Gasteiger partial charge >= 0.3 is 6.18 Å². The first kappa shape index (κ1) is 15.9. The number of nitrogens with zero attached hydrogens (tertiary/aromatic N) is 1. The molecule has 1 atom stereocenters. The van der Waals surface area contributed by atoms with Gasteiger partial charge < -0.3 is 14.4 Å². The average molecular weight is 303 g/mol. The van der Waals surface area contributed by atoms with Crippen molar-refractivity contribution < 1.29 is 22.6 Å². The number of likely N-dealkylation sites (N-methyl/N-ethyl adjacent to an activating group) is 1. The molecule has 1 fully saturated rings. The summed E-state index contributed by atoms with van der Waals surface area (Å²) in [7, 11) is 4.67. The molecule has 2 rings (SSSR count). The van der Waals surface area contributed by atoms with Gasteiger partial charge in [-0.2, -0.15) is 13.2 Å². The van der Waals surface area contributed by atoms with Gasteiger partial charge in [-0.05, 0) is 38.6 Å². The van der Waals surface area contributed by atoms with Crippen LogP contribution in [0.3, 0.4) is 0 Å². The summed E-state index contributed by atoms with van der Waals surface area (Å²) in [5.41, 5.74) is -0.0105. The summed E-state index contributed by atoms with van der Waals surface area (Å²) in [5, 5.41) is 0. The highest BCUT2D eigenvalue weighted by Crippen LogP contribution is 2.43. The monoisotopic (exact) mass is 303 g/mol. The van der Waals surface area contributed by atoms with E-state index in [2.05, 4.69) is 4.90 Å². The standard InChI is InChI=1S/C15H20F3NO2/c1-19-6-4-5-10(9-19)11-7-14(21-3)12(15(16,17)18)8-13(11)20-2/h7-8,10H,4-6,9H2,1-3H3/t10-/m1/s1. The predicted octanol–water partition coefficient (Wildman–Crippen LogP) is 3.53. The molecular weight excluding hydrogens is 283 g/mol. The van der Waals surface area contributed by atoms with E-state index in [0.29, 0.717) is 0 Å². The first-order valence-electron chi connectivity index (χ1n) is 6.88. The molecule has 118 valence electrons. The lowest BCUT2D eigenvalue weighted by Crippen LogP contribution is -2.31. The van der Waals surface area contributed by atoms with E-state index in [1.165, 1.54) is 20.3 Å². The smallest absolute Gasteiger partial charge is 0.420 e. The van der Waals surface area contributed by atoms with Crippen molar-refractivity contribution in [2.24, 2.45) is 0 Å². The topological polar surface area (TPSA) is 21.7 Å². The Morgan fingerprint density at radius 2 is 1.81 bits per heavy atom. The largest absolute Gasteiger partial charge is 0.496 e. The molecule has 0 N–H and O–H groups in total. The molecule has 0 radical (unpaired) electrons. The summed E-state index contributed by atoms with van der Waals surface area (Å²) >= 11 is 0. The molecule has 0 amide bonds. The minimum Gasteiger partial charge on any atom is -0.496 e. The Kier molecular flexibility index (Phi) is 4.66. The minimum atomic E-state index is -4.46. The van der Waals surface area contributed by atoms with Crippen LogP contribution in [0.1, 0.15) is 29.9 Å². The van der Waals surface area contributed by atoms with Gasteiger partial charge in [0, 0.05) is 18.0 Å². The second-order valence-electron chi connectivity index (χ2n) is 5.39. The van der Waals surface area contributed by atoms with Crippen molar-refractivity contribution in [1.29, 1.82) is 0 Å². The van der Waals surface area contributed by atoms with Crippen molar-refractivity contribution in [3.05, 3.63) is 23.3 Å².